The molecule has 2 aromatic rings. The lowest BCUT2D eigenvalue weighted by Crippen LogP contribution is -1.97. The SMILES string of the molecule is CC(C)c1cc(Cl)c2ccccc2c1N. The van der Waals surface area contributed by atoms with Gasteiger partial charge in [-0.3, -0.25) is 0 Å². The van der Waals surface area contributed by atoms with Crippen molar-refractivity contribution in [1.29, 1.82) is 0 Å². The van der Waals surface area contributed by atoms with Crippen LogP contribution in [0.15, 0.2) is 30.3 Å². The van der Waals surface area contributed by atoms with Crippen molar-refractivity contribution in [3.05, 3.63) is 40.9 Å². The van der Waals surface area contributed by atoms with Crippen LogP contribution in [0, 0.1) is 0 Å². The minimum absolute atomic E-state index is 0.395. The standard InChI is InChI=1S/C13H14ClN/c1-8(2)11-7-12(14)9-5-3-4-6-10(9)13(11)15/h3-8H,15H2,1-2H3. The molecule has 0 fully saturated rings. The second-order valence-corrected chi connectivity index (χ2v) is 4.47. The number of rotatable bonds is 1. The first kappa shape index (κ1) is 10.3. The molecule has 0 aliphatic carbocycles. The van der Waals surface area contributed by atoms with Crippen LogP contribution in [-0.2, 0) is 0 Å². The molecular formula is C13H14ClN. The lowest BCUT2D eigenvalue weighted by Gasteiger charge is -2.13. The zero-order valence-electron chi connectivity index (χ0n) is 8.92. The maximum Gasteiger partial charge on any atom is 0.0488 e. The van der Waals surface area contributed by atoms with E-state index in [2.05, 4.69) is 13.8 Å². The topological polar surface area (TPSA) is 26.0 Å². The molecule has 2 rings (SSSR count). The summed E-state index contributed by atoms with van der Waals surface area (Å²) < 4.78 is 0. The molecule has 0 aliphatic heterocycles. The highest BCUT2D eigenvalue weighted by Gasteiger charge is 2.10. The molecule has 15 heavy (non-hydrogen) atoms. The molecule has 1 nitrogen and oxygen atoms in total. The van der Waals surface area contributed by atoms with Gasteiger partial charge in [-0.25, -0.2) is 0 Å². The Morgan fingerprint density at radius 2 is 1.73 bits per heavy atom. The number of halogens is 1. The van der Waals surface area contributed by atoms with Crippen LogP contribution in [0.2, 0.25) is 5.02 Å². The number of benzene rings is 2. The van der Waals surface area contributed by atoms with Crippen LogP contribution in [0.1, 0.15) is 25.3 Å². The van der Waals surface area contributed by atoms with E-state index >= 15 is 0 Å². The number of anilines is 1. The molecule has 78 valence electrons. The zero-order chi connectivity index (χ0) is 11.0. The van der Waals surface area contributed by atoms with E-state index in [-0.39, 0.29) is 0 Å². The Bertz CT molecular complexity index is 503. The minimum atomic E-state index is 0.395. The van der Waals surface area contributed by atoms with Crippen molar-refractivity contribution < 1.29 is 0 Å². The first-order valence-corrected chi connectivity index (χ1v) is 5.45. The van der Waals surface area contributed by atoms with Gasteiger partial charge in [-0.05, 0) is 17.5 Å². The number of nitrogen functional groups attached to an aromatic ring is 1. The van der Waals surface area contributed by atoms with E-state index < -0.39 is 0 Å². The van der Waals surface area contributed by atoms with Crippen LogP contribution in [0.25, 0.3) is 10.8 Å². The van der Waals surface area contributed by atoms with Gasteiger partial charge >= 0.3 is 0 Å². The first-order valence-electron chi connectivity index (χ1n) is 5.08. The van der Waals surface area contributed by atoms with Gasteiger partial charge in [0, 0.05) is 21.5 Å². The normalized spacial score (nSPS) is 11.2. The Kier molecular flexibility index (Phi) is 2.57. The van der Waals surface area contributed by atoms with E-state index in [9.17, 15) is 0 Å². The predicted octanol–water partition coefficient (Wildman–Crippen LogP) is 4.20. The molecule has 2 N–H and O–H groups in total. The molecule has 0 atom stereocenters. The summed E-state index contributed by atoms with van der Waals surface area (Å²) in [5.41, 5.74) is 8.11. The van der Waals surface area contributed by atoms with Gasteiger partial charge < -0.3 is 5.73 Å². The van der Waals surface area contributed by atoms with Gasteiger partial charge in [0.25, 0.3) is 0 Å². The van der Waals surface area contributed by atoms with E-state index in [1.807, 2.05) is 30.3 Å². The molecule has 0 bridgehead atoms. The van der Waals surface area contributed by atoms with Crippen molar-refractivity contribution in [3.63, 3.8) is 0 Å². The fourth-order valence-electron chi connectivity index (χ4n) is 1.85. The maximum absolute atomic E-state index is 6.22. The van der Waals surface area contributed by atoms with Crippen LogP contribution >= 0.6 is 11.6 Å². The summed E-state index contributed by atoms with van der Waals surface area (Å²) in [5.74, 6) is 0.395. The van der Waals surface area contributed by atoms with E-state index in [4.69, 9.17) is 17.3 Å². The van der Waals surface area contributed by atoms with Crippen molar-refractivity contribution in [2.45, 2.75) is 19.8 Å². The summed E-state index contributed by atoms with van der Waals surface area (Å²) in [6.45, 7) is 4.24. The minimum Gasteiger partial charge on any atom is -0.398 e. The van der Waals surface area contributed by atoms with Crippen molar-refractivity contribution in [2.75, 3.05) is 5.73 Å². The molecule has 0 saturated carbocycles. The van der Waals surface area contributed by atoms with Crippen molar-refractivity contribution in [1.82, 2.24) is 0 Å². The Morgan fingerprint density at radius 1 is 1.13 bits per heavy atom. The Balaban J connectivity index is 2.84. The molecule has 0 aliphatic rings. The van der Waals surface area contributed by atoms with Crippen LogP contribution in [0.4, 0.5) is 5.69 Å². The molecule has 0 aromatic heterocycles. The third-order valence-electron chi connectivity index (χ3n) is 2.69. The molecule has 0 radical (unpaired) electrons. The molecule has 2 heteroatoms. The molecule has 2 aromatic carbocycles. The molecular weight excluding hydrogens is 206 g/mol. The molecule has 0 saturated heterocycles. The highest BCUT2D eigenvalue weighted by atomic mass is 35.5. The van der Waals surface area contributed by atoms with Gasteiger partial charge in [-0.15, -0.1) is 0 Å². The molecule has 0 spiro atoms. The summed E-state index contributed by atoms with van der Waals surface area (Å²) in [6.07, 6.45) is 0. The fourth-order valence-corrected chi connectivity index (χ4v) is 2.13. The predicted molar refractivity (Wildman–Crippen MR) is 67.5 cm³/mol. The third-order valence-corrected chi connectivity index (χ3v) is 3.00. The van der Waals surface area contributed by atoms with Crippen molar-refractivity contribution >= 4 is 28.1 Å². The molecule has 0 heterocycles. The van der Waals surface area contributed by atoms with Crippen LogP contribution in [-0.4, -0.2) is 0 Å². The van der Waals surface area contributed by atoms with Crippen molar-refractivity contribution in [3.8, 4) is 0 Å². The van der Waals surface area contributed by atoms with Gasteiger partial charge in [0.15, 0.2) is 0 Å². The second kappa shape index (κ2) is 3.74. The average molecular weight is 220 g/mol. The summed E-state index contributed by atoms with van der Waals surface area (Å²) in [4.78, 5) is 0. The van der Waals surface area contributed by atoms with Gasteiger partial charge in [-0.1, -0.05) is 49.7 Å². The van der Waals surface area contributed by atoms with E-state index in [0.29, 0.717) is 5.92 Å². The highest BCUT2D eigenvalue weighted by molar-refractivity contribution is 6.36. The van der Waals surface area contributed by atoms with E-state index in [1.54, 1.807) is 0 Å². The Labute approximate surface area is 94.9 Å². The van der Waals surface area contributed by atoms with Crippen LogP contribution in [0.5, 0.6) is 0 Å². The summed E-state index contributed by atoms with van der Waals surface area (Å²) >= 11 is 6.22. The third kappa shape index (κ3) is 1.68. The van der Waals surface area contributed by atoms with Crippen LogP contribution in [0.3, 0.4) is 0 Å². The highest BCUT2D eigenvalue weighted by Crippen LogP contribution is 2.34. The lowest BCUT2D eigenvalue weighted by atomic mass is 9.97. The van der Waals surface area contributed by atoms with Crippen LogP contribution < -0.4 is 5.73 Å². The number of hydrogen-bond acceptors (Lipinski definition) is 1. The van der Waals surface area contributed by atoms with Crippen molar-refractivity contribution in [2.24, 2.45) is 0 Å². The molecule has 0 amide bonds. The zero-order valence-corrected chi connectivity index (χ0v) is 9.68. The summed E-state index contributed by atoms with van der Waals surface area (Å²) in [5, 5.41) is 2.86. The van der Waals surface area contributed by atoms with Gasteiger partial charge in [0.1, 0.15) is 0 Å². The monoisotopic (exact) mass is 219 g/mol. The Morgan fingerprint density at radius 3 is 2.33 bits per heavy atom. The fraction of sp³-hybridized carbons (Fsp3) is 0.231. The van der Waals surface area contributed by atoms with E-state index in [1.165, 1.54) is 0 Å². The second-order valence-electron chi connectivity index (χ2n) is 4.06. The smallest absolute Gasteiger partial charge is 0.0488 e. The molecule has 0 unspecified atom stereocenters. The maximum atomic E-state index is 6.22. The lowest BCUT2D eigenvalue weighted by molar-refractivity contribution is 0.872. The van der Waals surface area contributed by atoms with Gasteiger partial charge in [0.2, 0.25) is 0 Å². The number of fused-ring (bicyclic) bond motifs is 1. The summed E-state index contributed by atoms with van der Waals surface area (Å²) in [6, 6.07) is 9.95. The number of hydrogen-bond donors (Lipinski definition) is 1. The largest absolute Gasteiger partial charge is 0.398 e. The first-order chi connectivity index (χ1) is 7.11. The van der Waals surface area contributed by atoms with E-state index in [0.717, 1.165) is 27.0 Å². The number of nitrogens with two attached hydrogens (primary N) is 1. The van der Waals surface area contributed by atoms with Gasteiger partial charge in [-0.2, -0.15) is 0 Å². The Hall–Kier alpha value is -1.21. The average Bonchev–Trinajstić information content (AvgIpc) is 2.23. The van der Waals surface area contributed by atoms with Gasteiger partial charge in [0.05, 0.1) is 0 Å². The quantitative estimate of drug-likeness (QED) is 0.715. The summed E-state index contributed by atoms with van der Waals surface area (Å²) in [7, 11) is 0.